The third-order valence-electron chi connectivity index (χ3n) is 5.65. The summed E-state index contributed by atoms with van der Waals surface area (Å²) in [6.45, 7) is 0.611. The van der Waals surface area contributed by atoms with E-state index in [4.69, 9.17) is 0 Å². The Kier molecular flexibility index (Phi) is 4.92. The molecule has 1 aliphatic rings. The van der Waals surface area contributed by atoms with Gasteiger partial charge in [-0.05, 0) is 18.4 Å². The van der Waals surface area contributed by atoms with Crippen molar-refractivity contribution in [2.24, 2.45) is 0 Å². The zero-order chi connectivity index (χ0) is 20.8. The van der Waals surface area contributed by atoms with Crippen LogP contribution < -0.4 is 0 Å². The summed E-state index contributed by atoms with van der Waals surface area (Å²) in [6.07, 6.45) is 3.81. The molecule has 9 heteroatoms. The molecular weight excluding hydrogens is 398 g/mol. The standard InChI is InChI=1S/C20H22F2N4O2S/c1-24(2)29(27,28)26-10-8-20(9-11-26,15-6-4-3-5-7-15)18-14-25-13-16(21)12-17(22)19(25)23-18/h3-7,12-14H,8-11H2,1-2H3. The third kappa shape index (κ3) is 3.33. The Bertz CT molecular complexity index is 1140. The Morgan fingerprint density at radius 1 is 1.07 bits per heavy atom. The molecule has 2 aromatic heterocycles. The summed E-state index contributed by atoms with van der Waals surface area (Å²) in [4.78, 5) is 4.49. The molecule has 3 aromatic rings. The molecule has 0 saturated carbocycles. The first-order chi connectivity index (χ1) is 13.7. The van der Waals surface area contributed by atoms with Crippen molar-refractivity contribution < 1.29 is 17.2 Å². The molecule has 0 atom stereocenters. The molecule has 29 heavy (non-hydrogen) atoms. The first-order valence-electron chi connectivity index (χ1n) is 9.31. The molecule has 0 amide bonds. The van der Waals surface area contributed by atoms with Crippen molar-refractivity contribution in [2.45, 2.75) is 18.3 Å². The number of fused-ring (bicyclic) bond motifs is 1. The van der Waals surface area contributed by atoms with E-state index in [0.717, 1.165) is 11.6 Å². The predicted molar refractivity (Wildman–Crippen MR) is 106 cm³/mol. The van der Waals surface area contributed by atoms with Gasteiger partial charge in [-0.2, -0.15) is 17.0 Å². The van der Waals surface area contributed by atoms with Crippen molar-refractivity contribution >= 4 is 15.9 Å². The highest BCUT2D eigenvalue weighted by Crippen LogP contribution is 2.42. The van der Waals surface area contributed by atoms with Gasteiger partial charge in [-0.15, -0.1) is 0 Å². The minimum absolute atomic E-state index is 0.0556. The van der Waals surface area contributed by atoms with Crippen molar-refractivity contribution in [3.8, 4) is 0 Å². The lowest BCUT2D eigenvalue weighted by Crippen LogP contribution is -2.49. The van der Waals surface area contributed by atoms with Crippen LogP contribution in [0.1, 0.15) is 24.1 Å². The van der Waals surface area contributed by atoms with Gasteiger partial charge in [0.2, 0.25) is 0 Å². The molecule has 1 aromatic carbocycles. The van der Waals surface area contributed by atoms with Gasteiger partial charge < -0.3 is 4.40 Å². The molecule has 1 fully saturated rings. The van der Waals surface area contributed by atoms with E-state index in [1.54, 1.807) is 6.20 Å². The van der Waals surface area contributed by atoms with E-state index in [1.807, 2.05) is 30.3 Å². The Morgan fingerprint density at radius 3 is 2.34 bits per heavy atom. The molecule has 0 radical (unpaired) electrons. The molecule has 154 valence electrons. The smallest absolute Gasteiger partial charge is 0.281 e. The second kappa shape index (κ2) is 7.16. The molecule has 1 saturated heterocycles. The number of halogens is 2. The third-order valence-corrected chi connectivity index (χ3v) is 7.59. The highest BCUT2D eigenvalue weighted by atomic mass is 32.2. The zero-order valence-electron chi connectivity index (χ0n) is 16.2. The summed E-state index contributed by atoms with van der Waals surface area (Å²) in [5.74, 6) is -1.41. The van der Waals surface area contributed by atoms with E-state index in [2.05, 4.69) is 4.98 Å². The Labute approximate surface area is 168 Å². The van der Waals surface area contributed by atoms with Crippen LogP contribution in [0.15, 0.2) is 48.8 Å². The van der Waals surface area contributed by atoms with Crippen molar-refractivity contribution in [1.82, 2.24) is 18.0 Å². The van der Waals surface area contributed by atoms with Gasteiger partial charge in [-0.3, -0.25) is 0 Å². The number of benzene rings is 1. The molecule has 0 unspecified atom stereocenters. The molecule has 3 heterocycles. The highest BCUT2D eigenvalue weighted by molar-refractivity contribution is 7.86. The quantitative estimate of drug-likeness (QED) is 0.652. The van der Waals surface area contributed by atoms with E-state index in [-0.39, 0.29) is 5.65 Å². The summed E-state index contributed by atoms with van der Waals surface area (Å²) in [6, 6.07) is 10.5. The number of rotatable bonds is 4. The summed E-state index contributed by atoms with van der Waals surface area (Å²) in [7, 11) is -0.504. The van der Waals surface area contributed by atoms with Crippen LogP contribution in [0.4, 0.5) is 8.78 Å². The van der Waals surface area contributed by atoms with Crippen LogP contribution in [0.5, 0.6) is 0 Å². The second-order valence-electron chi connectivity index (χ2n) is 7.50. The van der Waals surface area contributed by atoms with E-state index >= 15 is 0 Å². The average Bonchev–Trinajstić information content (AvgIpc) is 3.13. The molecular formula is C20H22F2N4O2S. The maximum atomic E-state index is 14.2. The van der Waals surface area contributed by atoms with E-state index in [1.165, 1.54) is 33.3 Å². The van der Waals surface area contributed by atoms with Crippen LogP contribution >= 0.6 is 0 Å². The predicted octanol–water partition coefficient (Wildman–Crippen LogP) is 2.80. The Morgan fingerprint density at radius 2 is 1.72 bits per heavy atom. The van der Waals surface area contributed by atoms with Gasteiger partial charge in [0.1, 0.15) is 5.82 Å². The normalized spacial score (nSPS) is 17.8. The lowest BCUT2D eigenvalue weighted by atomic mass is 9.71. The van der Waals surface area contributed by atoms with Gasteiger partial charge in [0.15, 0.2) is 11.5 Å². The molecule has 1 aliphatic heterocycles. The number of piperidine rings is 1. The monoisotopic (exact) mass is 420 g/mol. The number of hydrogen-bond donors (Lipinski definition) is 0. The van der Waals surface area contributed by atoms with Crippen LogP contribution in [-0.4, -0.2) is 53.6 Å². The molecule has 4 rings (SSSR count). The van der Waals surface area contributed by atoms with Crippen molar-refractivity contribution in [3.63, 3.8) is 0 Å². The Balaban J connectivity index is 1.80. The second-order valence-corrected chi connectivity index (χ2v) is 9.64. The lowest BCUT2D eigenvalue weighted by Gasteiger charge is -2.41. The van der Waals surface area contributed by atoms with Crippen molar-refractivity contribution in [3.05, 3.63) is 71.7 Å². The fraction of sp³-hybridized carbons (Fsp3) is 0.350. The lowest BCUT2D eigenvalue weighted by molar-refractivity contribution is 0.252. The molecule has 0 spiro atoms. The highest BCUT2D eigenvalue weighted by Gasteiger charge is 2.43. The van der Waals surface area contributed by atoms with Crippen LogP contribution in [0, 0.1) is 11.6 Å². The number of aromatic nitrogens is 2. The number of imidazole rings is 1. The zero-order valence-corrected chi connectivity index (χ0v) is 17.0. The van der Waals surface area contributed by atoms with Gasteiger partial charge in [0, 0.05) is 51.1 Å². The molecule has 0 bridgehead atoms. The maximum absolute atomic E-state index is 14.2. The SMILES string of the molecule is CN(C)S(=O)(=O)N1CCC(c2ccccc2)(c2cn3cc(F)cc(F)c3n2)CC1. The summed E-state index contributed by atoms with van der Waals surface area (Å²) in [5.41, 5.74) is 1.05. The Hall–Kier alpha value is -2.36. The largest absolute Gasteiger partial charge is 0.301 e. The molecule has 6 nitrogen and oxygen atoms in total. The van der Waals surface area contributed by atoms with E-state index in [9.17, 15) is 17.2 Å². The van der Waals surface area contributed by atoms with Gasteiger partial charge in [-0.1, -0.05) is 30.3 Å². The van der Waals surface area contributed by atoms with Crippen LogP contribution in [-0.2, 0) is 15.6 Å². The van der Waals surface area contributed by atoms with Crippen LogP contribution in [0.25, 0.3) is 5.65 Å². The van der Waals surface area contributed by atoms with Crippen molar-refractivity contribution in [1.29, 1.82) is 0 Å². The number of nitrogens with zero attached hydrogens (tertiary/aromatic N) is 4. The average molecular weight is 420 g/mol. The molecule has 0 aliphatic carbocycles. The number of pyridine rings is 1. The van der Waals surface area contributed by atoms with Crippen molar-refractivity contribution in [2.75, 3.05) is 27.2 Å². The van der Waals surface area contributed by atoms with Gasteiger partial charge >= 0.3 is 0 Å². The topological polar surface area (TPSA) is 57.9 Å². The summed E-state index contributed by atoms with van der Waals surface area (Å²) < 4.78 is 57.0. The fourth-order valence-corrected chi connectivity index (χ4v) is 5.14. The number of hydrogen-bond acceptors (Lipinski definition) is 3. The summed E-state index contributed by atoms with van der Waals surface area (Å²) in [5, 5.41) is 0. The first-order valence-corrected chi connectivity index (χ1v) is 10.7. The first kappa shape index (κ1) is 19.9. The van der Waals surface area contributed by atoms with Crippen LogP contribution in [0.2, 0.25) is 0 Å². The van der Waals surface area contributed by atoms with Gasteiger partial charge in [-0.25, -0.2) is 13.8 Å². The van der Waals surface area contributed by atoms with Gasteiger partial charge in [0.25, 0.3) is 10.2 Å². The van der Waals surface area contributed by atoms with Crippen LogP contribution in [0.3, 0.4) is 0 Å². The summed E-state index contributed by atoms with van der Waals surface area (Å²) >= 11 is 0. The van der Waals surface area contributed by atoms with E-state index < -0.39 is 27.3 Å². The van der Waals surface area contributed by atoms with E-state index in [0.29, 0.717) is 31.6 Å². The minimum atomic E-state index is -3.52. The minimum Gasteiger partial charge on any atom is -0.301 e. The maximum Gasteiger partial charge on any atom is 0.281 e. The molecule has 0 N–H and O–H groups in total. The fourth-order valence-electron chi connectivity index (χ4n) is 4.03. The van der Waals surface area contributed by atoms with Gasteiger partial charge in [0.05, 0.1) is 5.69 Å².